The van der Waals surface area contributed by atoms with Crippen molar-refractivity contribution in [3.63, 3.8) is 0 Å². The molecule has 0 N–H and O–H groups in total. The fraction of sp³-hybridized carbons (Fsp3) is 0.950. The average Bonchev–Trinajstić information content (AvgIpc) is 2.52. The zero-order chi connectivity index (χ0) is 21.3. The topological polar surface area (TPSA) is 48.0 Å². The Hall–Kier alpha value is -0.216. The van der Waals surface area contributed by atoms with E-state index in [1.807, 2.05) is 20.8 Å². The van der Waals surface area contributed by atoms with Crippen LogP contribution in [0.5, 0.6) is 0 Å². The first-order chi connectivity index (χ1) is 12.3. The van der Waals surface area contributed by atoms with Crippen LogP contribution in [0.25, 0.3) is 0 Å². The number of rotatable bonds is 13. The van der Waals surface area contributed by atoms with Gasteiger partial charge in [0.1, 0.15) is 0 Å². The molecule has 0 aliphatic carbocycles. The highest BCUT2D eigenvalue weighted by Gasteiger charge is 2.41. The van der Waals surface area contributed by atoms with Gasteiger partial charge in [0.25, 0.3) is 14.3 Å². The monoisotopic (exact) mass is 419 g/mol. The molecule has 0 saturated carbocycles. The van der Waals surface area contributed by atoms with Gasteiger partial charge in [-0.2, -0.15) is 0 Å². The van der Waals surface area contributed by atoms with Crippen molar-refractivity contribution in [2.45, 2.75) is 85.6 Å². The van der Waals surface area contributed by atoms with Gasteiger partial charge in [-0.15, -0.1) is 0 Å². The van der Waals surface area contributed by atoms with E-state index in [1.54, 1.807) is 0 Å². The molecule has 0 saturated heterocycles. The second-order valence-corrected chi connectivity index (χ2v) is 17.1. The maximum Gasteiger partial charge on any atom is 0.334 e. The summed E-state index contributed by atoms with van der Waals surface area (Å²) in [5, 5.41) is 0.0421. The van der Waals surface area contributed by atoms with E-state index in [0.717, 1.165) is 32.1 Å². The zero-order valence-corrected chi connectivity index (χ0v) is 21.6. The Bertz CT molecular complexity index is 432. The molecule has 0 aliphatic rings. The average molecular weight is 420 g/mol. The predicted molar refractivity (Wildman–Crippen MR) is 119 cm³/mol. The first-order valence-corrected chi connectivity index (χ1v) is 16.0. The molecule has 5 nitrogen and oxygen atoms in total. The predicted octanol–water partition coefficient (Wildman–Crippen LogP) is 5.03. The fourth-order valence-electron chi connectivity index (χ4n) is 2.77. The van der Waals surface area contributed by atoms with Gasteiger partial charge in [-0.25, -0.2) is 0 Å². The molecule has 1 atom stereocenters. The van der Waals surface area contributed by atoms with E-state index in [1.165, 1.54) is 0 Å². The van der Waals surface area contributed by atoms with Crippen LogP contribution in [-0.4, -0.2) is 60.6 Å². The highest BCUT2D eigenvalue weighted by molar-refractivity contribution is 6.75. The summed E-state index contributed by atoms with van der Waals surface area (Å²) in [5.41, 5.74) is 0. The Labute approximate surface area is 170 Å². The number of carbonyl (C=O) groups excluding carboxylic acids is 1. The maximum absolute atomic E-state index is 12.6. The van der Waals surface area contributed by atoms with Crippen molar-refractivity contribution >= 4 is 22.8 Å². The van der Waals surface area contributed by atoms with E-state index >= 15 is 0 Å². The molecule has 0 aromatic heterocycles. The summed E-state index contributed by atoms with van der Waals surface area (Å²) in [6.45, 7) is 25.1. The van der Waals surface area contributed by atoms with Crippen LogP contribution in [0, 0.1) is 5.92 Å². The Morgan fingerprint density at radius 1 is 1.04 bits per heavy atom. The highest BCUT2D eigenvalue weighted by Crippen LogP contribution is 2.37. The van der Waals surface area contributed by atoms with Gasteiger partial charge in [-0.1, -0.05) is 34.6 Å². The van der Waals surface area contributed by atoms with Crippen LogP contribution in [0.1, 0.15) is 54.9 Å². The summed E-state index contributed by atoms with van der Waals surface area (Å²) in [6.07, 6.45) is 1.03. The van der Waals surface area contributed by atoms with Crippen molar-refractivity contribution in [3.8, 4) is 0 Å². The summed E-state index contributed by atoms with van der Waals surface area (Å²) in [4.78, 5) is 15.0. The molecule has 0 aromatic carbocycles. The SMILES string of the molecule is CCO[Si](C)(CCCN(CC)CC(C)C(=O)O[Si](C)(C)C(C)(C)C)OCC. The van der Waals surface area contributed by atoms with Crippen molar-refractivity contribution in [1.82, 2.24) is 4.90 Å². The van der Waals surface area contributed by atoms with Crippen molar-refractivity contribution in [1.29, 1.82) is 0 Å². The van der Waals surface area contributed by atoms with E-state index in [-0.39, 0.29) is 16.9 Å². The zero-order valence-electron chi connectivity index (χ0n) is 19.6. The molecule has 0 aromatic rings. The van der Waals surface area contributed by atoms with E-state index in [4.69, 9.17) is 13.3 Å². The van der Waals surface area contributed by atoms with Gasteiger partial charge in [0, 0.05) is 19.8 Å². The minimum absolute atomic E-state index is 0.0421. The van der Waals surface area contributed by atoms with Gasteiger partial charge in [0.05, 0.1) is 5.92 Å². The van der Waals surface area contributed by atoms with Crippen LogP contribution in [0.15, 0.2) is 0 Å². The van der Waals surface area contributed by atoms with Crippen LogP contribution in [-0.2, 0) is 18.1 Å². The third-order valence-electron chi connectivity index (χ3n) is 5.55. The van der Waals surface area contributed by atoms with Gasteiger partial charge >= 0.3 is 8.56 Å². The lowest BCUT2D eigenvalue weighted by atomic mass is 10.1. The van der Waals surface area contributed by atoms with E-state index in [9.17, 15) is 4.79 Å². The van der Waals surface area contributed by atoms with Gasteiger partial charge in [-0.05, 0) is 64.1 Å². The van der Waals surface area contributed by atoms with Crippen molar-refractivity contribution < 1.29 is 18.1 Å². The molecule has 0 bridgehead atoms. The molecule has 7 heteroatoms. The lowest BCUT2D eigenvalue weighted by Crippen LogP contribution is -2.45. The van der Waals surface area contributed by atoms with Gasteiger partial charge in [0.15, 0.2) is 0 Å². The minimum atomic E-state index is -2.06. The second kappa shape index (κ2) is 11.7. The van der Waals surface area contributed by atoms with Gasteiger partial charge in [-0.3, -0.25) is 4.79 Å². The third-order valence-corrected chi connectivity index (χ3v) is 12.9. The van der Waals surface area contributed by atoms with Crippen LogP contribution < -0.4 is 0 Å². The molecule has 0 radical (unpaired) electrons. The quantitative estimate of drug-likeness (QED) is 0.392. The lowest BCUT2D eigenvalue weighted by molar-refractivity contribution is -0.140. The van der Waals surface area contributed by atoms with Crippen molar-refractivity contribution in [2.75, 3.05) is 32.8 Å². The molecule has 0 amide bonds. The standard InChI is InChI=1S/C20H45NO4Si2/c1-11-21(15-14-16-27(10,23-12-2)24-13-3)17-18(4)19(22)25-26(8,9)20(5,6)7/h18H,11-17H2,1-10H3. The Kier molecular flexibility index (Phi) is 11.6. The van der Waals surface area contributed by atoms with Crippen LogP contribution in [0.3, 0.4) is 0 Å². The molecular formula is C20H45NO4Si2. The molecule has 1 unspecified atom stereocenters. The first-order valence-electron chi connectivity index (χ1n) is 10.5. The van der Waals surface area contributed by atoms with Crippen molar-refractivity contribution in [2.24, 2.45) is 5.92 Å². The van der Waals surface area contributed by atoms with E-state index in [0.29, 0.717) is 13.2 Å². The smallest absolute Gasteiger partial charge is 0.334 e. The van der Waals surface area contributed by atoms with Crippen LogP contribution >= 0.6 is 0 Å². The number of carbonyl (C=O) groups is 1. The maximum atomic E-state index is 12.6. The highest BCUT2D eigenvalue weighted by atomic mass is 28.4. The normalized spacial score (nSPS) is 14.5. The molecule has 0 aliphatic heterocycles. The first kappa shape index (κ1) is 26.8. The van der Waals surface area contributed by atoms with Crippen LogP contribution in [0.4, 0.5) is 0 Å². The van der Waals surface area contributed by atoms with Gasteiger partial charge < -0.3 is 18.2 Å². The molecular weight excluding hydrogens is 374 g/mol. The molecule has 0 spiro atoms. The Morgan fingerprint density at radius 3 is 1.96 bits per heavy atom. The largest absolute Gasteiger partial charge is 0.519 e. The summed E-state index contributed by atoms with van der Waals surface area (Å²) in [6, 6.07) is 0.980. The van der Waals surface area contributed by atoms with E-state index in [2.05, 4.69) is 52.2 Å². The molecule has 27 heavy (non-hydrogen) atoms. The second-order valence-electron chi connectivity index (χ2n) is 9.08. The number of hydrogen-bond donors (Lipinski definition) is 0. The summed E-state index contributed by atoms with van der Waals surface area (Å²) < 4.78 is 17.8. The lowest BCUT2D eigenvalue weighted by Gasteiger charge is -2.36. The third kappa shape index (κ3) is 9.70. The number of hydrogen-bond acceptors (Lipinski definition) is 5. The minimum Gasteiger partial charge on any atom is -0.519 e. The fourth-order valence-corrected chi connectivity index (χ4v) is 6.17. The van der Waals surface area contributed by atoms with E-state index < -0.39 is 16.9 Å². The Balaban J connectivity index is 4.60. The summed E-state index contributed by atoms with van der Waals surface area (Å²) >= 11 is 0. The summed E-state index contributed by atoms with van der Waals surface area (Å²) in [5.74, 6) is -0.163. The molecule has 0 fully saturated rings. The number of nitrogens with zero attached hydrogens (tertiary/aromatic N) is 1. The Morgan fingerprint density at radius 2 is 1.56 bits per heavy atom. The molecule has 0 rings (SSSR count). The molecule has 162 valence electrons. The van der Waals surface area contributed by atoms with Crippen LogP contribution in [0.2, 0.25) is 30.7 Å². The molecule has 0 heterocycles. The van der Waals surface area contributed by atoms with Gasteiger partial charge in [0.2, 0.25) is 0 Å². The summed E-state index contributed by atoms with van der Waals surface area (Å²) in [7, 11) is -4.11. The van der Waals surface area contributed by atoms with Crippen molar-refractivity contribution in [3.05, 3.63) is 0 Å².